The monoisotopic (exact) mass is 483 g/mol. The molecule has 3 aromatic carbocycles. The first kappa shape index (κ1) is 24.3. The number of nitrogens with zero attached hydrogens (tertiary/aromatic N) is 1. The summed E-state index contributed by atoms with van der Waals surface area (Å²) in [6, 6.07) is 20.4. The standard InChI is InChI=1S/C25H23Cl2N3O3/c1-2-5-23(18-10-12-19(26)13-11-18)30-33-16-17-8-14-20(15-9-17)28-25(32)29-24(31)21-6-3-4-7-22(21)27/h3-4,6-15H,2,5,16H2,1H3,(H2,28,29,31,32)/b30-23+. The molecule has 0 aromatic heterocycles. The van der Waals surface area contributed by atoms with E-state index < -0.39 is 11.9 Å². The number of amides is 3. The van der Waals surface area contributed by atoms with Gasteiger partial charge in [-0.1, -0.05) is 78.1 Å². The van der Waals surface area contributed by atoms with Gasteiger partial charge in [0.2, 0.25) is 0 Å². The molecule has 0 aliphatic carbocycles. The predicted molar refractivity (Wildman–Crippen MR) is 132 cm³/mol. The average Bonchev–Trinajstić information content (AvgIpc) is 2.80. The first-order valence-corrected chi connectivity index (χ1v) is 11.1. The maximum Gasteiger partial charge on any atom is 0.326 e. The molecule has 0 radical (unpaired) electrons. The van der Waals surface area contributed by atoms with E-state index in [0.29, 0.717) is 10.7 Å². The zero-order chi connectivity index (χ0) is 23.6. The summed E-state index contributed by atoms with van der Waals surface area (Å²) < 4.78 is 0. The van der Waals surface area contributed by atoms with Crippen molar-refractivity contribution in [2.45, 2.75) is 26.4 Å². The van der Waals surface area contributed by atoms with Gasteiger partial charge in [-0.15, -0.1) is 0 Å². The predicted octanol–water partition coefficient (Wildman–Crippen LogP) is 6.68. The molecule has 0 atom stereocenters. The van der Waals surface area contributed by atoms with Crippen LogP contribution in [0.25, 0.3) is 0 Å². The molecule has 0 unspecified atom stereocenters. The van der Waals surface area contributed by atoms with Gasteiger partial charge >= 0.3 is 6.03 Å². The summed E-state index contributed by atoms with van der Waals surface area (Å²) in [4.78, 5) is 29.8. The van der Waals surface area contributed by atoms with E-state index in [0.717, 1.165) is 29.7 Å². The number of anilines is 1. The third kappa shape index (κ3) is 7.34. The summed E-state index contributed by atoms with van der Waals surface area (Å²) in [5.41, 5.74) is 3.46. The van der Waals surface area contributed by atoms with Crippen LogP contribution in [-0.4, -0.2) is 17.6 Å². The summed E-state index contributed by atoms with van der Waals surface area (Å²) in [5.74, 6) is -0.579. The zero-order valence-corrected chi connectivity index (χ0v) is 19.5. The number of benzene rings is 3. The Kier molecular flexibility index (Phi) is 8.87. The highest BCUT2D eigenvalue weighted by Gasteiger charge is 2.13. The normalized spacial score (nSPS) is 11.1. The van der Waals surface area contributed by atoms with Crippen LogP contribution in [0.1, 0.15) is 41.3 Å². The van der Waals surface area contributed by atoms with E-state index in [9.17, 15) is 9.59 Å². The van der Waals surface area contributed by atoms with Gasteiger partial charge in [0.15, 0.2) is 0 Å². The van der Waals surface area contributed by atoms with Gasteiger partial charge in [0.05, 0.1) is 16.3 Å². The van der Waals surface area contributed by atoms with Crippen molar-refractivity contribution in [3.63, 3.8) is 0 Å². The highest BCUT2D eigenvalue weighted by atomic mass is 35.5. The highest BCUT2D eigenvalue weighted by molar-refractivity contribution is 6.34. The van der Waals surface area contributed by atoms with E-state index in [-0.39, 0.29) is 17.2 Å². The largest absolute Gasteiger partial charge is 0.391 e. The number of hydrogen-bond donors (Lipinski definition) is 2. The van der Waals surface area contributed by atoms with Crippen LogP contribution in [-0.2, 0) is 11.4 Å². The summed E-state index contributed by atoms with van der Waals surface area (Å²) in [6.45, 7) is 2.35. The third-order valence-electron chi connectivity index (χ3n) is 4.63. The minimum absolute atomic E-state index is 0.225. The highest BCUT2D eigenvalue weighted by Crippen LogP contribution is 2.16. The van der Waals surface area contributed by atoms with Crippen LogP contribution < -0.4 is 10.6 Å². The minimum Gasteiger partial charge on any atom is -0.391 e. The van der Waals surface area contributed by atoms with Gasteiger partial charge in [0, 0.05) is 10.7 Å². The molecule has 3 aromatic rings. The summed E-state index contributed by atoms with van der Waals surface area (Å²) in [7, 11) is 0. The number of oxime groups is 1. The Balaban J connectivity index is 1.53. The molecule has 6 nitrogen and oxygen atoms in total. The van der Waals surface area contributed by atoms with Gasteiger partial charge in [-0.05, 0) is 53.9 Å². The smallest absolute Gasteiger partial charge is 0.326 e. The van der Waals surface area contributed by atoms with Crippen LogP contribution in [0.15, 0.2) is 78.0 Å². The number of hydrogen-bond acceptors (Lipinski definition) is 4. The number of rotatable bonds is 8. The van der Waals surface area contributed by atoms with Crippen molar-refractivity contribution in [1.82, 2.24) is 5.32 Å². The molecular weight excluding hydrogens is 461 g/mol. The van der Waals surface area contributed by atoms with Gasteiger partial charge in [-0.2, -0.15) is 0 Å². The summed E-state index contributed by atoms with van der Waals surface area (Å²) in [6.07, 6.45) is 1.72. The molecule has 0 heterocycles. The molecule has 0 saturated heterocycles. The second-order valence-electron chi connectivity index (χ2n) is 7.15. The Morgan fingerprint density at radius 3 is 2.30 bits per heavy atom. The van der Waals surface area contributed by atoms with Gasteiger partial charge in [0.1, 0.15) is 6.61 Å². The summed E-state index contributed by atoms with van der Waals surface area (Å²) in [5, 5.41) is 10.1. The lowest BCUT2D eigenvalue weighted by molar-refractivity contribution is 0.0967. The number of carbonyl (C=O) groups is 2. The van der Waals surface area contributed by atoms with Crippen molar-refractivity contribution < 1.29 is 14.4 Å². The van der Waals surface area contributed by atoms with Crippen LogP contribution in [0.3, 0.4) is 0 Å². The molecule has 170 valence electrons. The second-order valence-corrected chi connectivity index (χ2v) is 8.00. The molecule has 0 fully saturated rings. The Labute approximate surface area is 202 Å². The number of urea groups is 1. The topological polar surface area (TPSA) is 79.8 Å². The lowest BCUT2D eigenvalue weighted by Crippen LogP contribution is -2.34. The zero-order valence-electron chi connectivity index (χ0n) is 18.0. The van der Waals surface area contributed by atoms with E-state index in [1.165, 1.54) is 0 Å². The van der Waals surface area contributed by atoms with Crippen LogP contribution in [0, 0.1) is 0 Å². The maximum atomic E-state index is 12.2. The first-order valence-electron chi connectivity index (χ1n) is 10.4. The van der Waals surface area contributed by atoms with Crippen molar-refractivity contribution in [2.75, 3.05) is 5.32 Å². The molecule has 0 bridgehead atoms. The lowest BCUT2D eigenvalue weighted by Gasteiger charge is -2.09. The van der Waals surface area contributed by atoms with Crippen molar-refractivity contribution >= 4 is 46.5 Å². The molecule has 0 aliphatic rings. The van der Waals surface area contributed by atoms with Crippen LogP contribution in [0.5, 0.6) is 0 Å². The molecule has 0 aliphatic heterocycles. The molecule has 3 amide bonds. The fourth-order valence-corrected chi connectivity index (χ4v) is 3.32. The Bertz CT molecular complexity index is 1130. The van der Waals surface area contributed by atoms with E-state index in [1.807, 2.05) is 36.4 Å². The number of imide groups is 1. The Hall–Kier alpha value is -3.35. The van der Waals surface area contributed by atoms with Crippen molar-refractivity contribution in [2.24, 2.45) is 5.16 Å². The van der Waals surface area contributed by atoms with Crippen molar-refractivity contribution in [1.29, 1.82) is 0 Å². The van der Waals surface area contributed by atoms with Crippen molar-refractivity contribution in [3.05, 3.63) is 99.5 Å². The van der Waals surface area contributed by atoms with Crippen LogP contribution in [0.2, 0.25) is 10.0 Å². The van der Waals surface area contributed by atoms with Gasteiger partial charge in [-0.25, -0.2) is 4.79 Å². The fourth-order valence-electron chi connectivity index (χ4n) is 2.97. The third-order valence-corrected chi connectivity index (χ3v) is 5.21. The van der Waals surface area contributed by atoms with E-state index in [2.05, 4.69) is 22.7 Å². The second kappa shape index (κ2) is 12.0. The molecule has 3 rings (SSSR count). The van der Waals surface area contributed by atoms with Gasteiger partial charge in [-0.3, -0.25) is 10.1 Å². The molecule has 0 spiro atoms. The Morgan fingerprint density at radius 1 is 0.939 bits per heavy atom. The minimum atomic E-state index is -0.652. The average molecular weight is 484 g/mol. The molecule has 2 N–H and O–H groups in total. The van der Waals surface area contributed by atoms with Gasteiger partial charge in [0.25, 0.3) is 5.91 Å². The van der Waals surface area contributed by atoms with E-state index >= 15 is 0 Å². The summed E-state index contributed by atoms with van der Waals surface area (Å²) >= 11 is 11.9. The van der Waals surface area contributed by atoms with Crippen LogP contribution in [0.4, 0.5) is 10.5 Å². The van der Waals surface area contributed by atoms with E-state index in [1.54, 1.807) is 36.4 Å². The van der Waals surface area contributed by atoms with Gasteiger partial charge < -0.3 is 10.2 Å². The maximum absolute atomic E-state index is 12.2. The lowest BCUT2D eigenvalue weighted by atomic mass is 10.1. The van der Waals surface area contributed by atoms with Crippen molar-refractivity contribution in [3.8, 4) is 0 Å². The van der Waals surface area contributed by atoms with Crippen LogP contribution >= 0.6 is 23.2 Å². The SMILES string of the molecule is CCC/C(=N\OCc1ccc(NC(=O)NC(=O)c2ccccc2Cl)cc1)c1ccc(Cl)cc1. The number of carbonyl (C=O) groups excluding carboxylic acids is 2. The molecule has 0 saturated carbocycles. The Morgan fingerprint density at radius 2 is 1.64 bits per heavy atom. The number of halogens is 2. The molecule has 33 heavy (non-hydrogen) atoms. The molecular formula is C25H23Cl2N3O3. The van der Waals surface area contributed by atoms with E-state index in [4.69, 9.17) is 28.0 Å². The first-order chi connectivity index (χ1) is 16.0. The quantitative estimate of drug-likeness (QED) is 0.277. The number of nitrogens with one attached hydrogen (secondary N) is 2. The fraction of sp³-hybridized carbons (Fsp3) is 0.160. The molecule has 8 heteroatoms.